The van der Waals surface area contributed by atoms with Crippen LogP contribution in [0.4, 0.5) is 0 Å². The van der Waals surface area contributed by atoms with Crippen LogP contribution in [-0.2, 0) is 9.08 Å². The predicted octanol–water partition coefficient (Wildman–Crippen LogP) is -3.55. The molecular formula is C7H15ClNO6+. The molecule has 0 aliphatic rings. The minimum absolute atomic E-state index is 0.112. The van der Waals surface area contributed by atoms with Gasteiger partial charge in [0.2, 0.25) is 0 Å². The number of nitrogens with zero attached hydrogens (tertiary/aromatic N) is 1. The standard InChI is InChI=1S/C7H14ClNO6/c1-9(2,3)5-6(4-7(10)11)15-8(12,13)14/h6H,4-5H2,1-3H3/p+1. The third-order valence-electron chi connectivity index (χ3n) is 1.39. The van der Waals surface area contributed by atoms with E-state index in [1.165, 1.54) is 0 Å². The number of likely N-dealkylation sites (N-methyl/N-ethyl adjacent to an activating group) is 1. The maximum absolute atomic E-state index is 10.4. The molecule has 0 saturated heterocycles. The van der Waals surface area contributed by atoms with Crippen LogP contribution in [-0.4, -0.2) is 49.4 Å². The van der Waals surface area contributed by atoms with Crippen LogP contribution in [0, 0.1) is 10.2 Å². The van der Waals surface area contributed by atoms with Crippen LogP contribution in [0.5, 0.6) is 0 Å². The first-order valence-corrected chi connectivity index (χ1v) is 5.34. The quantitative estimate of drug-likeness (QED) is 0.484. The zero-order valence-corrected chi connectivity index (χ0v) is 9.56. The summed E-state index contributed by atoms with van der Waals surface area (Å²) in [6.07, 6.45) is -1.67. The number of carboxylic acids is 1. The van der Waals surface area contributed by atoms with Crippen molar-refractivity contribution in [3.8, 4) is 0 Å². The largest absolute Gasteiger partial charge is 0.481 e. The van der Waals surface area contributed by atoms with E-state index in [0.717, 1.165) is 0 Å². The molecule has 0 amide bonds. The molecule has 0 aromatic carbocycles. The fourth-order valence-electron chi connectivity index (χ4n) is 1.08. The van der Waals surface area contributed by atoms with Gasteiger partial charge in [-0.25, -0.2) is 0 Å². The average Bonchev–Trinajstić information content (AvgIpc) is 1.73. The van der Waals surface area contributed by atoms with Crippen LogP contribution in [0.3, 0.4) is 0 Å². The molecule has 7 nitrogen and oxygen atoms in total. The Hall–Kier alpha value is -0.440. The molecule has 0 radical (unpaired) electrons. The molecule has 8 heteroatoms. The van der Waals surface area contributed by atoms with Crippen LogP contribution < -0.4 is 14.0 Å². The second-order valence-electron chi connectivity index (χ2n) is 4.16. The lowest BCUT2D eigenvalue weighted by molar-refractivity contribution is -1.92. The first-order chi connectivity index (χ1) is 6.49. The maximum Gasteiger partial charge on any atom is 0.306 e. The van der Waals surface area contributed by atoms with Gasteiger partial charge in [-0.1, -0.05) is 0 Å². The van der Waals surface area contributed by atoms with Crippen LogP contribution >= 0.6 is 0 Å². The van der Waals surface area contributed by atoms with Crippen molar-refractivity contribution in [2.75, 3.05) is 27.7 Å². The Bertz CT molecular complexity index is 205. The van der Waals surface area contributed by atoms with Crippen molar-refractivity contribution in [3.05, 3.63) is 0 Å². The van der Waals surface area contributed by atoms with Gasteiger partial charge in [-0.15, -0.1) is 0 Å². The number of hydrogen-bond donors (Lipinski definition) is 1. The summed E-state index contributed by atoms with van der Waals surface area (Å²) in [5, 5.41) is 8.49. The van der Waals surface area contributed by atoms with E-state index in [-0.39, 0.29) is 6.54 Å². The molecule has 15 heavy (non-hydrogen) atoms. The zero-order chi connectivity index (χ0) is 12.3. The molecular weight excluding hydrogens is 230 g/mol. The summed E-state index contributed by atoms with van der Waals surface area (Å²) in [6, 6.07) is 0. The van der Waals surface area contributed by atoms with Crippen molar-refractivity contribution < 1.29 is 42.9 Å². The minimum atomic E-state index is -4.59. The van der Waals surface area contributed by atoms with Crippen molar-refractivity contribution in [1.29, 1.82) is 0 Å². The highest BCUT2D eigenvalue weighted by Gasteiger charge is 2.35. The van der Waals surface area contributed by atoms with Gasteiger partial charge in [0.25, 0.3) is 6.10 Å². The van der Waals surface area contributed by atoms with E-state index < -0.39 is 28.7 Å². The molecule has 1 N–H and O–H groups in total. The molecule has 0 aliphatic carbocycles. The zero-order valence-electron chi connectivity index (χ0n) is 8.81. The lowest BCUT2D eigenvalue weighted by Gasteiger charge is -2.26. The molecule has 0 spiro atoms. The SMILES string of the molecule is C[N+](C)(C)CC(CC(=O)O)O[Cl+3]([O-])([O-])[O-]. The van der Waals surface area contributed by atoms with E-state index in [2.05, 4.69) is 4.29 Å². The molecule has 0 aromatic rings. The van der Waals surface area contributed by atoms with Gasteiger partial charge >= 0.3 is 5.97 Å². The maximum atomic E-state index is 10.4. The lowest BCUT2D eigenvalue weighted by Crippen LogP contribution is -2.63. The van der Waals surface area contributed by atoms with Gasteiger partial charge in [0, 0.05) is 0 Å². The molecule has 90 valence electrons. The van der Waals surface area contributed by atoms with Crippen molar-refractivity contribution in [3.63, 3.8) is 0 Å². The Kier molecular flexibility index (Phi) is 4.91. The smallest absolute Gasteiger partial charge is 0.306 e. The summed E-state index contributed by atoms with van der Waals surface area (Å²) in [5.74, 6) is -1.22. The van der Waals surface area contributed by atoms with Gasteiger partial charge in [0.1, 0.15) is 6.54 Å². The Morgan fingerprint density at radius 3 is 2.13 bits per heavy atom. The molecule has 0 aromatic heterocycles. The average molecular weight is 245 g/mol. The number of aliphatic carboxylic acids is 1. The summed E-state index contributed by atoms with van der Waals surface area (Å²) < 4.78 is 35.3. The fraction of sp³-hybridized carbons (Fsp3) is 0.857. The predicted molar refractivity (Wildman–Crippen MR) is 40.0 cm³/mol. The number of halogens is 1. The third kappa shape index (κ3) is 9.85. The summed E-state index contributed by atoms with van der Waals surface area (Å²) in [6.45, 7) is 0.112. The summed E-state index contributed by atoms with van der Waals surface area (Å²) >= 11 is 0. The van der Waals surface area contributed by atoms with E-state index in [1.807, 2.05) is 0 Å². The van der Waals surface area contributed by atoms with Crippen molar-refractivity contribution >= 4 is 5.97 Å². The molecule has 0 rings (SSSR count). The summed E-state index contributed by atoms with van der Waals surface area (Å²) in [7, 11) is 0.594. The number of carboxylic acid groups (broad SMARTS) is 1. The molecule has 1 unspecified atom stereocenters. The number of quaternary nitrogens is 1. The van der Waals surface area contributed by atoms with E-state index in [1.54, 1.807) is 21.1 Å². The monoisotopic (exact) mass is 244 g/mol. The van der Waals surface area contributed by atoms with Crippen molar-refractivity contribution in [1.82, 2.24) is 0 Å². The molecule has 0 saturated carbocycles. The topological polar surface area (TPSA) is 116 Å². The van der Waals surface area contributed by atoms with E-state index in [4.69, 9.17) is 5.11 Å². The van der Waals surface area contributed by atoms with Crippen LogP contribution in [0.15, 0.2) is 0 Å². The van der Waals surface area contributed by atoms with Gasteiger partial charge in [0.05, 0.1) is 42.1 Å². The molecule has 0 fully saturated rings. The Balaban J connectivity index is 4.39. The first kappa shape index (κ1) is 14.6. The Labute approximate surface area is 89.8 Å². The summed E-state index contributed by atoms with van der Waals surface area (Å²) in [4.78, 5) is 10.4. The summed E-state index contributed by atoms with van der Waals surface area (Å²) in [5.41, 5.74) is 0. The molecule has 0 bridgehead atoms. The lowest BCUT2D eigenvalue weighted by atomic mass is 10.2. The van der Waals surface area contributed by atoms with Crippen LogP contribution in [0.25, 0.3) is 0 Å². The second-order valence-corrected chi connectivity index (χ2v) is 5.09. The highest BCUT2D eigenvalue weighted by molar-refractivity contribution is 5.67. The van der Waals surface area contributed by atoms with Crippen molar-refractivity contribution in [2.24, 2.45) is 0 Å². The van der Waals surface area contributed by atoms with Gasteiger partial charge < -0.3 is 9.59 Å². The van der Waals surface area contributed by atoms with Crippen LogP contribution in [0.1, 0.15) is 6.42 Å². The Morgan fingerprint density at radius 1 is 1.40 bits per heavy atom. The highest BCUT2D eigenvalue weighted by Crippen LogP contribution is 2.08. The van der Waals surface area contributed by atoms with Gasteiger partial charge in [-0.05, 0) is 0 Å². The highest BCUT2D eigenvalue weighted by atomic mass is 35.7. The van der Waals surface area contributed by atoms with E-state index in [9.17, 15) is 18.8 Å². The fourth-order valence-corrected chi connectivity index (χ4v) is 1.51. The second kappa shape index (κ2) is 5.06. The molecule has 0 aliphatic heterocycles. The molecule has 1 atom stereocenters. The van der Waals surface area contributed by atoms with Gasteiger partial charge in [-0.3, -0.25) is 4.79 Å². The first-order valence-electron chi connectivity index (χ1n) is 4.11. The van der Waals surface area contributed by atoms with Gasteiger partial charge in [0.15, 0.2) is 0 Å². The van der Waals surface area contributed by atoms with Crippen molar-refractivity contribution in [2.45, 2.75) is 12.5 Å². The minimum Gasteiger partial charge on any atom is -0.481 e. The van der Waals surface area contributed by atoms with Gasteiger partial charge in [-0.2, -0.15) is 14.0 Å². The number of carbonyl (C=O) groups is 1. The van der Waals surface area contributed by atoms with E-state index in [0.29, 0.717) is 4.48 Å². The van der Waals surface area contributed by atoms with E-state index >= 15 is 0 Å². The Morgan fingerprint density at radius 2 is 1.87 bits per heavy atom. The third-order valence-corrected chi connectivity index (χ3v) is 1.86. The number of hydrogen-bond acceptors (Lipinski definition) is 5. The number of rotatable bonds is 6. The normalized spacial score (nSPS) is 15.1. The molecule has 0 heterocycles. The van der Waals surface area contributed by atoms with Crippen LogP contribution in [0.2, 0.25) is 0 Å².